The van der Waals surface area contributed by atoms with Crippen LogP contribution in [-0.4, -0.2) is 32.0 Å². The van der Waals surface area contributed by atoms with E-state index in [9.17, 15) is 8.42 Å². The Morgan fingerprint density at radius 1 is 1.44 bits per heavy atom. The van der Waals surface area contributed by atoms with Crippen LogP contribution in [0.4, 0.5) is 0 Å². The highest BCUT2D eigenvalue weighted by Gasteiger charge is 2.12. The Hall–Kier alpha value is -0.460. The highest BCUT2D eigenvalue weighted by molar-refractivity contribution is 9.10. The number of hydrogen-bond donors (Lipinski definition) is 1. The van der Waals surface area contributed by atoms with Crippen molar-refractivity contribution >= 4 is 25.8 Å². The summed E-state index contributed by atoms with van der Waals surface area (Å²) in [7, 11) is -2.88. The minimum Gasteiger partial charge on any atom is -0.309 e. The molecule has 1 unspecified atom stereocenters. The molecule has 0 saturated heterocycles. The monoisotopic (exact) mass is 334 g/mol. The number of nitrogens with zero attached hydrogens (tertiary/aromatic N) is 1. The van der Waals surface area contributed by atoms with Crippen LogP contribution in [0.15, 0.2) is 22.8 Å². The van der Waals surface area contributed by atoms with E-state index in [0.717, 1.165) is 23.1 Å². The average Bonchev–Trinajstić information content (AvgIpc) is 2.27. The van der Waals surface area contributed by atoms with E-state index in [1.54, 1.807) is 6.20 Å². The van der Waals surface area contributed by atoms with Gasteiger partial charge < -0.3 is 5.32 Å². The maximum absolute atomic E-state index is 11.1. The molecule has 18 heavy (non-hydrogen) atoms. The molecule has 1 heterocycles. The number of aromatic nitrogens is 1. The molecule has 4 nitrogen and oxygen atoms in total. The van der Waals surface area contributed by atoms with E-state index < -0.39 is 9.84 Å². The number of sulfone groups is 1. The largest absolute Gasteiger partial charge is 0.309 e. The topological polar surface area (TPSA) is 59.1 Å². The third-order valence-corrected chi connectivity index (χ3v) is 4.07. The first-order valence-corrected chi connectivity index (χ1v) is 8.80. The highest BCUT2D eigenvalue weighted by atomic mass is 79.9. The molecular formula is C12H19BrN2O2S. The molecule has 0 aliphatic heterocycles. The lowest BCUT2D eigenvalue weighted by Crippen LogP contribution is -2.22. The zero-order valence-corrected chi connectivity index (χ0v) is 13.1. The second kappa shape index (κ2) is 7.21. The van der Waals surface area contributed by atoms with Gasteiger partial charge in [0.25, 0.3) is 0 Å². The van der Waals surface area contributed by atoms with Crippen LogP contribution >= 0.6 is 15.9 Å². The number of pyridine rings is 1. The number of nitrogens with one attached hydrogen (secondary N) is 1. The molecule has 0 fully saturated rings. The number of hydrogen-bond acceptors (Lipinski definition) is 4. The predicted molar refractivity (Wildman–Crippen MR) is 77.3 cm³/mol. The summed E-state index contributed by atoms with van der Waals surface area (Å²) < 4.78 is 23.2. The van der Waals surface area contributed by atoms with Crippen LogP contribution in [0.25, 0.3) is 0 Å². The third-order valence-electron chi connectivity index (χ3n) is 2.57. The minimum atomic E-state index is -2.88. The van der Waals surface area contributed by atoms with E-state index in [2.05, 4.69) is 26.2 Å². The molecule has 102 valence electrons. The first-order valence-electron chi connectivity index (χ1n) is 5.95. The molecule has 1 N–H and O–H groups in total. The lowest BCUT2D eigenvalue weighted by Gasteiger charge is -2.17. The molecule has 1 aromatic heterocycles. The smallest absolute Gasteiger partial charge is 0.147 e. The van der Waals surface area contributed by atoms with Crippen LogP contribution in [-0.2, 0) is 9.84 Å². The van der Waals surface area contributed by atoms with Crippen LogP contribution in [0.2, 0.25) is 0 Å². The molecule has 0 amide bonds. The van der Waals surface area contributed by atoms with Gasteiger partial charge in [0.15, 0.2) is 0 Å². The Labute approximate surface area is 117 Å². The molecule has 0 radical (unpaired) electrons. The van der Waals surface area contributed by atoms with Crippen molar-refractivity contribution in [1.82, 2.24) is 10.3 Å². The third kappa shape index (κ3) is 5.93. The molecule has 1 aromatic rings. The summed E-state index contributed by atoms with van der Waals surface area (Å²) in [5.41, 5.74) is 0.952. The van der Waals surface area contributed by atoms with Crippen molar-refractivity contribution in [3.05, 3.63) is 28.5 Å². The van der Waals surface area contributed by atoms with Gasteiger partial charge in [-0.25, -0.2) is 8.42 Å². The van der Waals surface area contributed by atoms with Crippen LogP contribution in [0, 0.1) is 0 Å². The summed E-state index contributed by atoms with van der Waals surface area (Å²) in [5, 5.41) is 3.33. The van der Waals surface area contributed by atoms with Crippen molar-refractivity contribution in [2.45, 2.75) is 25.8 Å². The Morgan fingerprint density at radius 3 is 2.67 bits per heavy atom. The molecule has 0 aliphatic rings. The minimum absolute atomic E-state index is 0.116. The van der Waals surface area contributed by atoms with Crippen molar-refractivity contribution < 1.29 is 8.42 Å². The lowest BCUT2D eigenvalue weighted by atomic mass is 10.1. The molecular weight excluding hydrogens is 316 g/mol. The quantitative estimate of drug-likeness (QED) is 0.831. The fraction of sp³-hybridized carbons (Fsp3) is 0.583. The summed E-state index contributed by atoms with van der Waals surface area (Å²) in [6.07, 6.45) is 4.45. The fourth-order valence-corrected chi connectivity index (χ4v) is 2.67. The average molecular weight is 335 g/mol. The van der Waals surface area contributed by atoms with E-state index >= 15 is 0 Å². The van der Waals surface area contributed by atoms with Crippen molar-refractivity contribution in [2.75, 3.05) is 18.6 Å². The van der Waals surface area contributed by atoms with Gasteiger partial charge in [-0.1, -0.05) is 6.92 Å². The van der Waals surface area contributed by atoms with Crippen LogP contribution in [0.3, 0.4) is 0 Å². The molecule has 0 bridgehead atoms. The molecule has 6 heteroatoms. The summed E-state index contributed by atoms with van der Waals surface area (Å²) in [5.74, 6) is 0.228. The zero-order chi connectivity index (χ0) is 13.6. The van der Waals surface area contributed by atoms with E-state index in [-0.39, 0.29) is 11.8 Å². The maximum atomic E-state index is 11.1. The van der Waals surface area contributed by atoms with Crippen molar-refractivity contribution in [1.29, 1.82) is 0 Å². The molecule has 0 aromatic carbocycles. The van der Waals surface area contributed by atoms with Gasteiger partial charge in [0, 0.05) is 28.7 Å². The molecule has 1 rings (SSSR count). The van der Waals surface area contributed by atoms with Gasteiger partial charge in [-0.15, -0.1) is 0 Å². The predicted octanol–water partition coefficient (Wildman–Crippen LogP) is 2.32. The van der Waals surface area contributed by atoms with Gasteiger partial charge in [0.05, 0.1) is 5.69 Å². The second-order valence-corrected chi connectivity index (χ2v) is 7.46. The van der Waals surface area contributed by atoms with Crippen molar-refractivity contribution in [2.24, 2.45) is 0 Å². The van der Waals surface area contributed by atoms with Gasteiger partial charge in [0.1, 0.15) is 9.84 Å². The molecule has 1 atom stereocenters. The summed E-state index contributed by atoms with van der Waals surface area (Å²) in [6.45, 7) is 2.86. The Balaban J connectivity index is 2.62. The number of halogens is 1. The lowest BCUT2D eigenvalue weighted by molar-refractivity contribution is 0.496. The Kier molecular flexibility index (Phi) is 6.25. The first kappa shape index (κ1) is 15.6. The summed E-state index contributed by atoms with van der Waals surface area (Å²) >= 11 is 3.35. The van der Waals surface area contributed by atoms with Gasteiger partial charge in [-0.3, -0.25) is 4.98 Å². The van der Waals surface area contributed by atoms with E-state index in [1.807, 2.05) is 19.1 Å². The van der Waals surface area contributed by atoms with Gasteiger partial charge in [0.2, 0.25) is 0 Å². The van der Waals surface area contributed by atoms with Crippen molar-refractivity contribution in [3.63, 3.8) is 0 Å². The summed E-state index contributed by atoms with van der Waals surface area (Å²) in [6, 6.07) is 4.02. The zero-order valence-electron chi connectivity index (χ0n) is 10.7. The van der Waals surface area contributed by atoms with Gasteiger partial charge in [-0.05, 0) is 47.4 Å². The maximum Gasteiger partial charge on any atom is 0.147 e. The Bertz CT molecular complexity index is 459. The fourth-order valence-electron chi connectivity index (χ4n) is 1.74. The second-order valence-electron chi connectivity index (χ2n) is 4.28. The van der Waals surface area contributed by atoms with E-state index in [1.165, 1.54) is 6.26 Å². The van der Waals surface area contributed by atoms with E-state index in [0.29, 0.717) is 6.42 Å². The van der Waals surface area contributed by atoms with Crippen LogP contribution in [0.5, 0.6) is 0 Å². The molecule has 0 saturated carbocycles. The van der Waals surface area contributed by atoms with Gasteiger partial charge >= 0.3 is 0 Å². The molecule has 0 spiro atoms. The van der Waals surface area contributed by atoms with Crippen LogP contribution < -0.4 is 5.32 Å². The normalized spacial score (nSPS) is 13.5. The first-order chi connectivity index (χ1) is 8.42. The molecule has 0 aliphatic carbocycles. The van der Waals surface area contributed by atoms with Gasteiger partial charge in [-0.2, -0.15) is 0 Å². The summed E-state index contributed by atoms with van der Waals surface area (Å²) in [4.78, 5) is 4.35. The Morgan fingerprint density at radius 2 is 2.17 bits per heavy atom. The SMILES string of the molecule is CCNC(CCCS(C)(=O)=O)c1ccc(Br)cn1. The van der Waals surface area contributed by atoms with E-state index in [4.69, 9.17) is 0 Å². The van der Waals surface area contributed by atoms with Crippen molar-refractivity contribution in [3.8, 4) is 0 Å². The number of rotatable bonds is 7. The highest BCUT2D eigenvalue weighted by Crippen LogP contribution is 2.18. The van der Waals surface area contributed by atoms with Crippen LogP contribution in [0.1, 0.15) is 31.5 Å². The standard InChI is InChI=1S/C12H19BrN2O2S/c1-3-14-11(5-4-8-18(2,16)17)12-7-6-10(13)9-15-12/h6-7,9,11,14H,3-5,8H2,1-2H3.